The van der Waals surface area contributed by atoms with E-state index in [0.717, 1.165) is 11.8 Å². The molecule has 1 unspecified atom stereocenters. The number of carbonyl (C=O) groups is 2. The van der Waals surface area contributed by atoms with Crippen molar-refractivity contribution in [2.45, 2.75) is 6.04 Å². The predicted octanol–water partition coefficient (Wildman–Crippen LogP) is -0.361. The Morgan fingerprint density at radius 3 is 2.70 bits per heavy atom. The van der Waals surface area contributed by atoms with Crippen LogP contribution >= 0.6 is 11.8 Å². The zero-order valence-electron chi connectivity index (χ0n) is 5.53. The molecule has 1 rings (SSSR count). The number of likely N-dealkylation sites (N-methyl/N-ethyl adjacent to an activating group) is 1. The van der Waals surface area contributed by atoms with Crippen LogP contribution in [0.25, 0.3) is 0 Å². The van der Waals surface area contributed by atoms with Crippen LogP contribution in [0, 0.1) is 0 Å². The third-order valence-electron chi connectivity index (χ3n) is 1.45. The van der Waals surface area contributed by atoms with Crippen molar-refractivity contribution in [1.29, 1.82) is 0 Å². The third-order valence-corrected chi connectivity index (χ3v) is 2.47. The summed E-state index contributed by atoms with van der Waals surface area (Å²) >= 11 is 1.13. The first-order valence-corrected chi connectivity index (χ1v) is 3.80. The lowest BCUT2D eigenvalue weighted by atomic mass is 10.3. The van der Waals surface area contributed by atoms with Crippen LogP contribution in [0.2, 0.25) is 0 Å². The quantitative estimate of drug-likeness (QED) is 0.569. The second-order valence-corrected chi connectivity index (χ2v) is 3.08. The van der Waals surface area contributed by atoms with E-state index in [1.807, 2.05) is 0 Å². The van der Waals surface area contributed by atoms with Gasteiger partial charge in [-0.15, -0.1) is 0 Å². The molecule has 1 heterocycles. The van der Waals surface area contributed by atoms with Gasteiger partial charge >= 0.3 is 0 Å². The molecule has 0 aromatic heterocycles. The molecule has 56 valence electrons. The highest BCUT2D eigenvalue weighted by atomic mass is 32.2. The zero-order valence-corrected chi connectivity index (χ0v) is 6.35. The van der Waals surface area contributed by atoms with Gasteiger partial charge in [0.2, 0.25) is 5.91 Å². The summed E-state index contributed by atoms with van der Waals surface area (Å²) < 4.78 is 0. The van der Waals surface area contributed by atoms with Crippen LogP contribution in [0.1, 0.15) is 0 Å². The van der Waals surface area contributed by atoms with Crippen molar-refractivity contribution in [2.75, 3.05) is 12.8 Å². The van der Waals surface area contributed by atoms with Crippen LogP contribution in [-0.2, 0) is 4.79 Å². The van der Waals surface area contributed by atoms with Gasteiger partial charge in [-0.3, -0.25) is 9.59 Å². The van der Waals surface area contributed by atoms with Gasteiger partial charge in [0.25, 0.3) is 5.24 Å². The molecule has 1 aliphatic rings. The molecule has 0 radical (unpaired) electrons. The monoisotopic (exact) mass is 160 g/mol. The normalized spacial score (nSPS) is 25.5. The highest BCUT2D eigenvalue weighted by Gasteiger charge is 2.32. The van der Waals surface area contributed by atoms with Gasteiger partial charge in [-0.25, -0.2) is 0 Å². The summed E-state index contributed by atoms with van der Waals surface area (Å²) in [5.41, 5.74) is 5.00. The highest BCUT2D eigenvalue weighted by Crippen LogP contribution is 2.20. The molecule has 1 aliphatic heterocycles. The lowest BCUT2D eigenvalue weighted by Crippen LogP contribution is -2.40. The minimum atomic E-state index is -0.430. The molecule has 1 fully saturated rings. The first-order valence-electron chi connectivity index (χ1n) is 2.82. The molecule has 5 heteroatoms. The van der Waals surface area contributed by atoms with Crippen LogP contribution in [-0.4, -0.2) is 34.9 Å². The van der Waals surface area contributed by atoms with Crippen LogP contribution in [0.3, 0.4) is 0 Å². The lowest BCUT2D eigenvalue weighted by molar-refractivity contribution is -0.120. The number of nitrogens with two attached hydrogens (primary N) is 1. The number of carbonyl (C=O) groups excluding carboxylic acids is 2. The van der Waals surface area contributed by atoms with Crippen molar-refractivity contribution in [1.82, 2.24) is 4.90 Å². The summed E-state index contributed by atoms with van der Waals surface area (Å²) in [6.07, 6.45) is 0. The fourth-order valence-electron chi connectivity index (χ4n) is 0.764. The van der Waals surface area contributed by atoms with Crippen LogP contribution < -0.4 is 5.73 Å². The van der Waals surface area contributed by atoms with Crippen molar-refractivity contribution in [3.63, 3.8) is 0 Å². The molecule has 0 saturated carbocycles. The molecule has 0 spiro atoms. The second-order valence-electron chi connectivity index (χ2n) is 2.11. The molecule has 0 aromatic rings. The van der Waals surface area contributed by atoms with Crippen LogP contribution in [0.5, 0.6) is 0 Å². The summed E-state index contributed by atoms with van der Waals surface area (Å²) in [7, 11) is 1.58. The summed E-state index contributed by atoms with van der Waals surface area (Å²) in [6.45, 7) is 0. The molecule has 2 N–H and O–H groups in total. The number of hydrogen-bond donors (Lipinski definition) is 1. The highest BCUT2D eigenvalue weighted by molar-refractivity contribution is 8.13. The molecule has 1 saturated heterocycles. The lowest BCUT2D eigenvalue weighted by Gasteiger charge is -2.13. The van der Waals surface area contributed by atoms with E-state index in [2.05, 4.69) is 0 Å². The standard InChI is InChI=1S/C5H8N2O2S/c1-7-3(4(6)8)2-10-5(7)9/h3H,2H2,1H3,(H2,6,8). The molecule has 1 atom stereocenters. The molecular formula is C5H8N2O2S. The Hall–Kier alpha value is -0.710. The van der Waals surface area contributed by atoms with Gasteiger partial charge in [0, 0.05) is 12.8 Å². The Balaban J connectivity index is 2.66. The van der Waals surface area contributed by atoms with Gasteiger partial charge in [0.1, 0.15) is 6.04 Å². The van der Waals surface area contributed by atoms with Crippen molar-refractivity contribution in [2.24, 2.45) is 5.73 Å². The smallest absolute Gasteiger partial charge is 0.282 e. The van der Waals surface area contributed by atoms with E-state index in [9.17, 15) is 9.59 Å². The van der Waals surface area contributed by atoms with E-state index in [-0.39, 0.29) is 5.24 Å². The number of hydrogen-bond acceptors (Lipinski definition) is 3. The van der Waals surface area contributed by atoms with Gasteiger partial charge in [-0.1, -0.05) is 11.8 Å². The van der Waals surface area contributed by atoms with E-state index < -0.39 is 11.9 Å². The Labute approximate surface area is 62.7 Å². The number of rotatable bonds is 1. The fourth-order valence-corrected chi connectivity index (χ4v) is 1.78. The maximum absolute atomic E-state index is 10.8. The molecule has 4 nitrogen and oxygen atoms in total. The summed E-state index contributed by atoms with van der Waals surface area (Å²) in [4.78, 5) is 22.7. The average molecular weight is 160 g/mol. The molecule has 2 amide bonds. The molecular weight excluding hydrogens is 152 g/mol. The van der Waals surface area contributed by atoms with E-state index in [4.69, 9.17) is 5.73 Å². The molecule has 0 aromatic carbocycles. The Morgan fingerprint density at radius 2 is 2.50 bits per heavy atom. The third kappa shape index (κ3) is 1.09. The van der Waals surface area contributed by atoms with Crippen LogP contribution in [0.4, 0.5) is 4.79 Å². The first-order chi connectivity index (χ1) is 4.63. The number of nitrogens with zero attached hydrogens (tertiary/aromatic N) is 1. The van der Waals surface area contributed by atoms with Gasteiger partial charge < -0.3 is 10.6 Å². The van der Waals surface area contributed by atoms with Crippen molar-refractivity contribution in [3.05, 3.63) is 0 Å². The van der Waals surface area contributed by atoms with Crippen molar-refractivity contribution >= 4 is 22.9 Å². The molecule has 0 bridgehead atoms. The zero-order chi connectivity index (χ0) is 7.72. The Kier molecular flexibility index (Phi) is 1.85. The fraction of sp³-hybridized carbons (Fsp3) is 0.600. The summed E-state index contributed by atoms with van der Waals surface area (Å²) in [5, 5.41) is -0.0798. The van der Waals surface area contributed by atoms with Gasteiger partial charge in [0.15, 0.2) is 0 Å². The van der Waals surface area contributed by atoms with E-state index in [1.165, 1.54) is 4.90 Å². The number of primary amides is 1. The maximum atomic E-state index is 10.8. The van der Waals surface area contributed by atoms with Gasteiger partial charge in [0.05, 0.1) is 0 Å². The molecule has 0 aliphatic carbocycles. The number of amides is 2. The Morgan fingerprint density at radius 1 is 1.90 bits per heavy atom. The minimum absolute atomic E-state index is 0.0798. The largest absolute Gasteiger partial charge is 0.368 e. The van der Waals surface area contributed by atoms with E-state index in [1.54, 1.807) is 7.05 Å². The van der Waals surface area contributed by atoms with E-state index >= 15 is 0 Å². The van der Waals surface area contributed by atoms with Gasteiger partial charge in [-0.05, 0) is 0 Å². The Bertz CT molecular complexity index is 182. The van der Waals surface area contributed by atoms with E-state index in [0.29, 0.717) is 5.75 Å². The van der Waals surface area contributed by atoms with Crippen molar-refractivity contribution < 1.29 is 9.59 Å². The number of thioether (sulfide) groups is 1. The first kappa shape index (κ1) is 7.40. The molecule has 10 heavy (non-hydrogen) atoms. The predicted molar refractivity (Wildman–Crippen MR) is 38.6 cm³/mol. The summed E-state index contributed by atoms with van der Waals surface area (Å²) in [5.74, 6) is 0.0610. The second kappa shape index (κ2) is 2.49. The minimum Gasteiger partial charge on any atom is -0.368 e. The van der Waals surface area contributed by atoms with Crippen LogP contribution in [0.15, 0.2) is 0 Å². The summed E-state index contributed by atoms with van der Waals surface area (Å²) in [6, 6.07) is -0.405. The van der Waals surface area contributed by atoms with Gasteiger partial charge in [-0.2, -0.15) is 0 Å². The maximum Gasteiger partial charge on any atom is 0.282 e. The SMILES string of the molecule is CN1C(=O)SCC1C(N)=O. The van der Waals surface area contributed by atoms with Crippen molar-refractivity contribution in [3.8, 4) is 0 Å². The topological polar surface area (TPSA) is 63.4 Å². The average Bonchev–Trinajstić information content (AvgIpc) is 2.14.